The molecule has 0 aromatic carbocycles. The standard InChI is InChI=1S/C19H21N9O/c1-2-27(9-10-29)18-12-16(23-14-4-7-28-8-6-21-17(28)11-14)25-19(26-18)24-15-3-5-20-13-22-15/h3-8,11-13,29H,2,9-10H2,1H3,(H2,20,22,23,24,25,26). The predicted octanol–water partition coefficient (Wildman–Crippen LogP) is 2.22. The van der Waals surface area contributed by atoms with E-state index < -0.39 is 0 Å². The number of anilines is 5. The molecule has 10 heteroatoms. The molecule has 4 aromatic heterocycles. The van der Waals surface area contributed by atoms with E-state index in [4.69, 9.17) is 0 Å². The number of hydrogen-bond acceptors (Lipinski definition) is 9. The molecule has 0 unspecified atom stereocenters. The molecule has 0 saturated carbocycles. The van der Waals surface area contributed by atoms with Gasteiger partial charge in [0.15, 0.2) is 0 Å². The minimum atomic E-state index is 0.0336. The first-order valence-corrected chi connectivity index (χ1v) is 9.23. The van der Waals surface area contributed by atoms with Gasteiger partial charge in [0.25, 0.3) is 0 Å². The largest absolute Gasteiger partial charge is 0.395 e. The molecule has 3 N–H and O–H groups in total. The Kier molecular flexibility index (Phi) is 5.43. The van der Waals surface area contributed by atoms with Gasteiger partial charge in [-0.25, -0.2) is 15.0 Å². The van der Waals surface area contributed by atoms with Crippen LogP contribution in [0.3, 0.4) is 0 Å². The van der Waals surface area contributed by atoms with Gasteiger partial charge in [-0.2, -0.15) is 9.97 Å². The van der Waals surface area contributed by atoms with Gasteiger partial charge >= 0.3 is 0 Å². The molecule has 148 valence electrons. The number of nitrogens with zero attached hydrogens (tertiary/aromatic N) is 7. The van der Waals surface area contributed by atoms with Gasteiger partial charge in [-0.3, -0.25) is 0 Å². The smallest absolute Gasteiger partial charge is 0.232 e. The Balaban J connectivity index is 1.67. The van der Waals surface area contributed by atoms with Crippen LogP contribution in [0, 0.1) is 0 Å². The molecule has 29 heavy (non-hydrogen) atoms. The Labute approximate surface area is 167 Å². The van der Waals surface area contributed by atoms with E-state index >= 15 is 0 Å². The molecule has 0 radical (unpaired) electrons. The maximum Gasteiger partial charge on any atom is 0.232 e. The average molecular weight is 391 g/mol. The quantitative estimate of drug-likeness (QED) is 0.416. The molecular formula is C19H21N9O. The van der Waals surface area contributed by atoms with Crippen LogP contribution >= 0.6 is 0 Å². The first-order valence-electron chi connectivity index (χ1n) is 9.23. The molecule has 0 atom stereocenters. The summed E-state index contributed by atoms with van der Waals surface area (Å²) in [5.41, 5.74) is 1.69. The van der Waals surface area contributed by atoms with E-state index in [2.05, 4.69) is 35.6 Å². The number of rotatable bonds is 8. The summed E-state index contributed by atoms with van der Waals surface area (Å²) in [5, 5.41) is 15.8. The van der Waals surface area contributed by atoms with Crippen molar-refractivity contribution in [3.05, 3.63) is 55.4 Å². The lowest BCUT2D eigenvalue weighted by Gasteiger charge is -2.22. The van der Waals surface area contributed by atoms with Crippen molar-refractivity contribution in [3.63, 3.8) is 0 Å². The van der Waals surface area contributed by atoms with Crippen LogP contribution in [0.5, 0.6) is 0 Å². The predicted molar refractivity (Wildman–Crippen MR) is 111 cm³/mol. The van der Waals surface area contributed by atoms with Crippen LogP contribution in [0.15, 0.2) is 55.4 Å². The van der Waals surface area contributed by atoms with Crippen molar-refractivity contribution >= 4 is 34.7 Å². The lowest BCUT2D eigenvalue weighted by molar-refractivity contribution is 0.302. The highest BCUT2D eigenvalue weighted by molar-refractivity contribution is 5.65. The highest BCUT2D eigenvalue weighted by Gasteiger charge is 2.12. The third-order valence-corrected chi connectivity index (χ3v) is 4.28. The van der Waals surface area contributed by atoms with Crippen molar-refractivity contribution in [2.75, 3.05) is 35.2 Å². The second-order valence-corrected chi connectivity index (χ2v) is 6.19. The number of imidazole rings is 1. The molecule has 10 nitrogen and oxygen atoms in total. The van der Waals surface area contributed by atoms with Gasteiger partial charge in [0.05, 0.1) is 6.61 Å². The van der Waals surface area contributed by atoms with E-state index in [0.29, 0.717) is 36.5 Å². The Morgan fingerprint density at radius 2 is 1.97 bits per heavy atom. The number of aliphatic hydroxyl groups excluding tert-OH is 1. The van der Waals surface area contributed by atoms with Gasteiger partial charge in [-0.05, 0) is 19.1 Å². The fourth-order valence-corrected chi connectivity index (χ4v) is 2.89. The molecule has 4 aromatic rings. The first-order chi connectivity index (χ1) is 14.2. The van der Waals surface area contributed by atoms with Crippen molar-refractivity contribution < 1.29 is 5.11 Å². The lowest BCUT2D eigenvalue weighted by atomic mass is 10.3. The Morgan fingerprint density at radius 1 is 1.03 bits per heavy atom. The van der Waals surface area contributed by atoms with Crippen molar-refractivity contribution in [3.8, 4) is 0 Å². The number of aromatic nitrogens is 6. The summed E-state index contributed by atoms with van der Waals surface area (Å²) in [7, 11) is 0. The number of pyridine rings is 1. The Hall–Kier alpha value is -3.79. The number of hydrogen-bond donors (Lipinski definition) is 3. The summed E-state index contributed by atoms with van der Waals surface area (Å²) in [6, 6.07) is 7.46. The summed E-state index contributed by atoms with van der Waals surface area (Å²) in [5.74, 6) is 2.28. The van der Waals surface area contributed by atoms with Gasteiger partial charge in [0, 0.05) is 55.7 Å². The number of likely N-dealkylation sites (N-methyl/N-ethyl adjacent to an activating group) is 1. The average Bonchev–Trinajstić information content (AvgIpc) is 3.20. The van der Waals surface area contributed by atoms with Crippen molar-refractivity contribution in [1.29, 1.82) is 0 Å². The Bertz CT molecular complexity index is 1080. The summed E-state index contributed by atoms with van der Waals surface area (Å²) in [6.07, 6.45) is 8.66. The van der Waals surface area contributed by atoms with Crippen LogP contribution in [0.2, 0.25) is 0 Å². The van der Waals surface area contributed by atoms with Crippen LogP contribution < -0.4 is 15.5 Å². The monoisotopic (exact) mass is 391 g/mol. The molecule has 0 aliphatic carbocycles. The van der Waals surface area contributed by atoms with E-state index in [-0.39, 0.29) is 6.61 Å². The third-order valence-electron chi connectivity index (χ3n) is 4.28. The third kappa shape index (κ3) is 4.38. The number of fused-ring (bicyclic) bond motifs is 1. The van der Waals surface area contributed by atoms with Crippen LogP contribution in [0.25, 0.3) is 5.65 Å². The number of aliphatic hydroxyl groups is 1. The lowest BCUT2D eigenvalue weighted by Crippen LogP contribution is -2.27. The zero-order valence-electron chi connectivity index (χ0n) is 15.9. The van der Waals surface area contributed by atoms with E-state index in [1.165, 1.54) is 6.33 Å². The first kappa shape index (κ1) is 18.6. The fourth-order valence-electron chi connectivity index (χ4n) is 2.89. The molecule has 0 amide bonds. The second kappa shape index (κ2) is 8.48. The summed E-state index contributed by atoms with van der Waals surface area (Å²) in [6.45, 7) is 3.21. The molecule has 0 aliphatic rings. The van der Waals surface area contributed by atoms with Crippen molar-refractivity contribution in [2.45, 2.75) is 6.92 Å². The zero-order valence-corrected chi connectivity index (χ0v) is 15.9. The zero-order chi connectivity index (χ0) is 20.1. The molecule has 4 rings (SSSR count). The van der Waals surface area contributed by atoms with E-state index in [1.54, 1.807) is 18.5 Å². The summed E-state index contributed by atoms with van der Waals surface area (Å²) < 4.78 is 1.93. The highest BCUT2D eigenvalue weighted by atomic mass is 16.3. The molecule has 4 heterocycles. The van der Waals surface area contributed by atoms with E-state index in [0.717, 1.165) is 11.3 Å². The maximum atomic E-state index is 9.38. The molecule has 0 aliphatic heterocycles. The van der Waals surface area contributed by atoms with Gasteiger partial charge in [0.2, 0.25) is 5.95 Å². The normalized spacial score (nSPS) is 10.8. The van der Waals surface area contributed by atoms with Crippen LogP contribution in [-0.4, -0.2) is 54.1 Å². The van der Waals surface area contributed by atoms with Gasteiger partial charge < -0.3 is 25.0 Å². The minimum absolute atomic E-state index is 0.0336. The van der Waals surface area contributed by atoms with E-state index in [1.807, 2.05) is 46.8 Å². The minimum Gasteiger partial charge on any atom is -0.395 e. The molecule has 0 spiro atoms. The number of nitrogens with one attached hydrogen (secondary N) is 2. The van der Waals surface area contributed by atoms with Crippen LogP contribution in [0.4, 0.5) is 29.1 Å². The summed E-state index contributed by atoms with van der Waals surface area (Å²) in [4.78, 5) is 23.5. The van der Waals surface area contributed by atoms with Gasteiger partial charge in [-0.15, -0.1) is 0 Å². The second-order valence-electron chi connectivity index (χ2n) is 6.19. The topological polar surface area (TPSA) is 116 Å². The van der Waals surface area contributed by atoms with Gasteiger partial charge in [0.1, 0.15) is 29.4 Å². The fraction of sp³-hybridized carbons (Fsp3) is 0.211. The molecule has 0 saturated heterocycles. The molecule has 0 bridgehead atoms. The van der Waals surface area contributed by atoms with Crippen LogP contribution in [0.1, 0.15) is 6.92 Å². The van der Waals surface area contributed by atoms with Crippen molar-refractivity contribution in [1.82, 2.24) is 29.3 Å². The highest BCUT2D eigenvalue weighted by Crippen LogP contribution is 2.23. The van der Waals surface area contributed by atoms with E-state index in [9.17, 15) is 5.11 Å². The molecular weight excluding hydrogens is 370 g/mol. The SMILES string of the molecule is CCN(CCO)c1cc(Nc2ccn3ccnc3c2)nc(Nc2ccncn2)n1. The van der Waals surface area contributed by atoms with Gasteiger partial charge in [-0.1, -0.05) is 0 Å². The Morgan fingerprint density at radius 3 is 2.76 bits per heavy atom. The van der Waals surface area contributed by atoms with Crippen LogP contribution in [-0.2, 0) is 0 Å². The molecule has 0 fully saturated rings. The summed E-state index contributed by atoms with van der Waals surface area (Å²) >= 11 is 0. The maximum absolute atomic E-state index is 9.38. The van der Waals surface area contributed by atoms with Crippen molar-refractivity contribution in [2.24, 2.45) is 0 Å².